The van der Waals surface area contributed by atoms with Crippen LogP contribution in [0.25, 0.3) is 10.9 Å². The summed E-state index contributed by atoms with van der Waals surface area (Å²) in [4.78, 5) is 24.4. The van der Waals surface area contributed by atoms with E-state index in [4.69, 9.17) is 22.6 Å². The van der Waals surface area contributed by atoms with Crippen LogP contribution in [0.15, 0.2) is 18.2 Å². The lowest BCUT2D eigenvalue weighted by Crippen LogP contribution is -2.45. The number of primary amides is 1. The Labute approximate surface area is 163 Å². The van der Waals surface area contributed by atoms with E-state index in [0.29, 0.717) is 29.8 Å². The Hall–Kier alpha value is -2.59. The van der Waals surface area contributed by atoms with Crippen molar-refractivity contribution in [3.63, 3.8) is 0 Å². The molecular weight excluding hydrogens is 366 g/mol. The maximum absolute atomic E-state index is 12.8. The Morgan fingerprint density at radius 1 is 1.37 bits per heavy atom. The van der Waals surface area contributed by atoms with Gasteiger partial charge in [-0.1, -0.05) is 25.4 Å². The van der Waals surface area contributed by atoms with Gasteiger partial charge in [-0.2, -0.15) is 10.4 Å². The van der Waals surface area contributed by atoms with Crippen molar-refractivity contribution in [2.24, 2.45) is 11.7 Å². The van der Waals surface area contributed by atoms with Gasteiger partial charge in [0.25, 0.3) is 5.91 Å². The summed E-state index contributed by atoms with van der Waals surface area (Å²) in [6.45, 7) is 4.48. The first kappa shape index (κ1) is 20.7. The number of carbonyl (C=O) groups excluding carboxylic acids is 2. The number of nitriles is 1. The zero-order valence-electron chi connectivity index (χ0n) is 15.5. The number of halogens is 1. The minimum atomic E-state index is -0.757. The van der Waals surface area contributed by atoms with Gasteiger partial charge in [-0.05, 0) is 43.4 Å². The highest BCUT2D eigenvalue weighted by atomic mass is 35.5. The average Bonchev–Trinajstić information content (AvgIpc) is 2.95. The van der Waals surface area contributed by atoms with Gasteiger partial charge in [0.05, 0.1) is 11.6 Å². The molecule has 3 N–H and O–H groups in total. The van der Waals surface area contributed by atoms with Crippen molar-refractivity contribution in [2.75, 3.05) is 0 Å². The summed E-state index contributed by atoms with van der Waals surface area (Å²) in [7, 11) is 0. The number of fused-ring (bicyclic) bond motifs is 1. The lowest BCUT2D eigenvalue weighted by atomic mass is 10.0. The maximum Gasteiger partial charge on any atom is 0.273 e. The third kappa shape index (κ3) is 5.44. The van der Waals surface area contributed by atoms with E-state index in [1.165, 1.54) is 0 Å². The minimum Gasteiger partial charge on any atom is -0.368 e. The summed E-state index contributed by atoms with van der Waals surface area (Å²) >= 11 is 6.10. The van der Waals surface area contributed by atoms with Gasteiger partial charge in [0.2, 0.25) is 5.91 Å². The number of hydrogen-bond acceptors (Lipinski definition) is 4. The largest absolute Gasteiger partial charge is 0.368 e. The summed E-state index contributed by atoms with van der Waals surface area (Å²) in [6.07, 6.45) is 2.46. The molecule has 0 aliphatic carbocycles. The number of nitrogens with one attached hydrogen (secondary N) is 1. The van der Waals surface area contributed by atoms with E-state index < -0.39 is 17.9 Å². The number of aromatic nitrogens is 2. The second-order valence-electron chi connectivity index (χ2n) is 6.91. The molecule has 2 rings (SSSR count). The van der Waals surface area contributed by atoms with Gasteiger partial charge in [-0.3, -0.25) is 14.3 Å². The highest BCUT2D eigenvalue weighted by Crippen LogP contribution is 2.23. The highest BCUT2D eigenvalue weighted by molar-refractivity contribution is 6.31. The molecule has 2 amide bonds. The molecule has 1 aromatic heterocycles. The van der Waals surface area contributed by atoms with Crippen molar-refractivity contribution in [2.45, 2.75) is 52.1 Å². The normalized spacial score (nSPS) is 12.1. The van der Waals surface area contributed by atoms with Crippen LogP contribution in [0.3, 0.4) is 0 Å². The van der Waals surface area contributed by atoms with E-state index in [1.54, 1.807) is 16.8 Å². The number of rotatable bonds is 9. The van der Waals surface area contributed by atoms with Crippen molar-refractivity contribution >= 4 is 34.3 Å². The summed E-state index contributed by atoms with van der Waals surface area (Å²) < 4.78 is 1.74. The van der Waals surface area contributed by atoms with Gasteiger partial charge >= 0.3 is 0 Å². The fourth-order valence-electron chi connectivity index (χ4n) is 2.90. The zero-order valence-corrected chi connectivity index (χ0v) is 16.3. The molecule has 2 aromatic rings. The van der Waals surface area contributed by atoms with Crippen LogP contribution in [-0.4, -0.2) is 27.6 Å². The van der Waals surface area contributed by atoms with Gasteiger partial charge in [0.1, 0.15) is 6.04 Å². The molecule has 8 heteroatoms. The SMILES string of the molecule is CC(C)C[C@H](NC(=O)c1nn(CCCCC#N)c2ccc(Cl)cc12)C(N)=O. The van der Waals surface area contributed by atoms with Gasteiger partial charge in [-0.25, -0.2) is 0 Å². The smallest absolute Gasteiger partial charge is 0.273 e. The molecule has 0 aliphatic rings. The molecule has 1 atom stereocenters. The number of carbonyl (C=O) groups is 2. The quantitative estimate of drug-likeness (QED) is 0.641. The van der Waals surface area contributed by atoms with Gasteiger partial charge < -0.3 is 11.1 Å². The molecule has 0 saturated heterocycles. The van der Waals surface area contributed by atoms with E-state index in [0.717, 1.165) is 18.4 Å². The van der Waals surface area contributed by atoms with Crippen LogP contribution in [0, 0.1) is 17.2 Å². The molecule has 0 aliphatic heterocycles. The summed E-state index contributed by atoms with van der Waals surface area (Å²) in [5.41, 5.74) is 6.41. The molecule has 0 saturated carbocycles. The predicted octanol–water partition coefficient (Wildman–Crippen LogP) is 3.01. The molecule has 0 fully saturated rings. The standard InChI is InChI=1S/C19H24ClN5O2/c1-12(2)10-15(18(22)26)23-19(27)17-14-11-13(20)6-7-16(14)25(24-17)9-5-3-4-8-21/h6-7,11-12,15H,3-5,9-10H2,1-2H3,(H2,22,26)(H,23,27)/t15-/m0/s1. The van der Waals surface area contributed by atoms with Crippen LogP contribution in [0.2, 0.25) is 5.02 Å². The first-order chi connectivity index (χ1) is 12.8. The Bertz CT molecular complexity index is 869. The van der Waals surface area contributed by atoms with E-state index >= 15 is 0 Å². The molecule has 144 valence electrons. The lowest BCUT2D eigenvalue weighted by molar-refractivity contribution is -0.120. The van der Waals surface area contributed by atoms with Crippen molar-refractivity contribution < 1.29 is 9.59 Å². The number of benzene rings is 1. The Morgan fingerprint density at radius 3 is 2.74 bits per heavy atom. The Kier molecular flexibility index (Phi) is 7.19. The van der Waals surface area contributed by atoms with Gasteiger partial charge in [-0.15, -0.1) is 0 Å². The summed E-state index contributed by atoms with van der Waals surface area (Å²) in [6, 6.07) is 6.60. The summed E-state index contributed by atoms with van der Waals surface area (Å²) in [5, 5.41) is 16.9. The molecule has 7 nitrogen and oxygen atoms in total. The molecular formula is C19H24ClN5O2. The second kappa shape index (κ2) is 9.38. The van der Waals surface area contributed by atoms with Gasteiger partial charge in [0, 0.05) is 23.4 Å². The number of unbranched alkanes of at least 4 members (excludes halogenated alkanes) is 2. The van der Waals surface area contributed by atoms with E-state index in [2.05, 4.69) is 16.5 Å². The number of nitrogens with two attached hydrogens (primary N) is 1. The molecule has 0 radical (unpaired) electrons. The van der Waals surface area contributed by atoms with E-state index in [9.17, 15) is 9.59 Å². The first-order valence-corrected chi connectivity index (χ1v) is 9.34. The maximum atomic E-state index is 12.8. The van der Waals surface area contributed by atoms with Crippen LogP contribution >= 0.6 is 11.6 Å². The Morgan fingerprint density at radius 2 is 2.11 bits per heavy atom. The third-order valence-electron chi connectivity index (χ3n) is 4.19. The fraction of sp³-hybridized carbons (Fsp3) is 0.474. The lowest BCUT2D eigenvalue weighted by Gasteiger charge is -2.16. The number of amides is 2. The van der Waals surface area contributed by atoms with Crippen molar-refractivity contribution in [1.29, 1.82) is 5.26 Å². The zero-order chi connectivity index (χ0) is 20.0. The number of nitrogens with zero attached hydrogens (tertiary/aromatic N) is 3. The molecule has 1 heterocycles. The number of aryl methyl sites for hydroxylation is 1. The third-order valence-corrected chi connectivity index (χ3v) is 4.43. The number of hydrogen-bond donors (Lipinski definition) is 2. The highest BCUT2D eigenvalue weighted by Gasteiger charge is 2.24. The second-order valence-corrected chi connectivity index (χ2v) is 7.34. The van der Waals surface area contributed by atoms with Crippen molar-refractivity contribution in [3.05, 3.63) is 28.9 Å². The van der Waals surface area contributed by atoms with Crippen LogP contribution in [-0.2, 0) is 11.3 Å². The monoisotopic (exact) mass is 389 g/mol. The van der Waals surface area contributed by atoms with E-state index in [1.807, 2.05) is 19.9 Å². The first-order valence-electron chi connectivity index (χ1n) is 8.96. The molecule has 0 spiro atoms. The summed E-state index contributed by atoms with van der Waals surface area (Å²) in [5.74, 6) is -0.829. The molecule has 1 aromatic carbocycles. The molecule has 0 unspecified atom stereocenters. The molecule has 27 heavy (non-hydrogen) atoms. The van der Waals surface area contributed by atoms with Gasteiger partial charge in [0.15, 0.2) is 5.69 Å². The van der Waals surface area contributed by atoms with Crippen LogP contribution in [0.5, 0.6) is 0 Å². The van der Waals surface area contributed by atoms with E-state index in [-0.39, 0.29) is 11.6 Å². The molecule has 0 bridgehead atoms. The van der Waals surface area contributed by atoms with Crippen molar-refractivity contribution in [3.8, 4) is 6.07 Å². The average molecular weight is 390 g/mol. The fourth-order valence-corrected chi connectivity index (χ4v) is 3.07. The van der Waals surface area contributed by atoms with Crippen LogP contribution < -0.4 is 11.1 Å². The van der Waals surface area contributed by atoms with Crippen LogP contribution in [0.1, 0.15) is 50.0 Å². The minimum absolute atomic E-state index is 0.201. The predicted molar refractivity (Wildman–Crippen MR) is 104 cm³/mol. The van der Waals surface area contributed by atoms with Crippen LogP contribution in [0.4, 0.5) is 0 Å². The van der Waals surface area contributed by atoms with Crippen molar-refractivity contribution in [1.82, 2.24) is 15.1 Å². The Balaban J connectivity index is 2.30. The topological polar surface area (TPSA) is 114 Å².